The van der Waals surface area contributed by atoms with Crippen molar-refractivity contribution in [3.05, 3.63) is 76.0 Å². The number of carbonyl (C=O) groups is 1. The molecule has 0 amide bonds. The van der Waals surface area contributed by atoms with E-state index in [0.29, 0.717) is 6.07 Å². The van der Waals surface area contributed by atoms with Crippen molar-refractivity contribution >= 4 is 22.6 Å². The predicted octanol–water partition coefficient (Wildman–Crippen LogP) is 2.51. The van der Waals surface area contributed by atoms with E-state index in [0.717, 1.165) is 29.0 Å². The maximum Gasteiger partial charge on any atom is 0.341 e. The summed E-state index contributed by atoms with van der Waals surface area (Å²) in [7, 11) is 0. The smallest absolute Gasteiger partial charge is 0.341 e. The minimum absolute atomic E-state index is 0.102. The highest BCUT2D eigenvalue weighted by molar-refractivity contribution is 5.92. The number of carboxylic acid groups (broad SMARTS) is 1. The molecule has 0 bridgehead atoms. The van der Waals surface area contributed by atoms with Crippen LogP contribution in [0.4, 0.5) is 13.2 Å². The van der Waals surface area contributed by atoms with Crippen molar-refractivity contribution in [2.45, 2.75) is 0 Å². The van der Waals surface area contributed by atoms with Crippen molar-refractivity contribution in [1.29, 1.82) is 0 Å². The molecule has 0 atom stereocenters. The Kier molecular flexibility index (Phi) is 4.54. The van der Waals surface area contributed by atoms with Crippen molar-refractivity contribution in [3.8, 4) is 5.69 Å². The van der Waals surface area contributed by atoms with Gasteiger partial charge in [-0.05, 0) is 23.8 Å². The van der Waals surface area contributed by atoms with Crippen molar-refractivity contribution < 1.29 is 28.2 Å². The number of hydrogen-bond donors (Lipinski definition) is 2. The van der Waals surface area contributed by atoms with Gasteiger partial charge in [0.05, 0.1) is 17.7 Å². The van der Waals surface area contributed by atoms with Crippen LogP contribution in [-0.2, 0) is 0 Å². The maximum absolute atomic E-state index is 14.3. The average Bonchev–Trinajstić information content (AvgIpc) is 2.61. The standard InChI is InChI=1S/C18H11F3N2O4/c1-8(7-24)15-13(21)5-10-16(25)11(18(26)27)6-23(17(10)22-15)14-3-2-9(19)4-12(14)20/h2-6,24H,1,7H2,(H,26,27). The van der Waals surface area contributed by atoms with Crippen LogP contribution in [0.1, 0.15) is 16.1 Å². The fraction of sp³-hybridized carbons (Fsp3) is 0.0556. The molecular formula is C18H11F3N2O4. The Hall–Kier alpha value is -3.46. The van der Waals surface area contributed by atoms with Crippen LogP contribution < -0.4 is 5.43 Å². The van der Waals surface area contributed by atoms with Gasteiger partial charge in [0.15, 0.2) is 0 Å². The van der Waals surface area contributed by atoms with Crippen LogP contribution >= 0.6 is 0 Å². The first-order chi connectivity index (χ1) is 12.7. The molecule has 2 aromatic heterocycles. The Morgan fingerprint density at radius 3 is 2.48 bits per heavy atom. The summed E-state index contributed by atoms with van der Waals surface area (Å²) in [5.41, 5.74) is -2.82. The number of carboxylic acids is 1. The molecule has 2 N–H and O–H groups in total. The first-order valence-corrected chi connectivity index (χ1v) is 7.48. The number of aromatic carboxylic acids is 1. The number of pyridine rings is 2. The molecule has 0 unspecified atom stereocenters. The van der Waals surface area contributed by atoms with Crippen LogP contribution in [-0.4, -0.2) is 32.3 Å². The van der Waals surface area contributed by atoms with Gasteiger partial charge in [-0.1, -0.05) is 6.58 Å². The van der Waals surface area contributed by atoms with Crippen LogP contribution in [0.3, 0.4) is 0 Å². The van der Waals surface area contributed by atoms with Crippen LogP contribution in [0.2, 0.25) is 0 Å². The highest BCUT2D eigenvalue weighted by atomic mass is 19.1. The van der Waals surface area contributed by atoms with Gasteiger partial charge in [-0.2, -0.15) is 0 Å². The van der Waals surface area contributed by atoms with Gasteiger partial charge in [0, 0.05) is 12.3 Å². The second-order valence-corrected chi connectivity index (χ2v) is 5.59. The van der Waals surface area contributed by atoms with Gasteiger partial charge >= 0.3 is 5.97 Å². The molecule has 0 aliphatic heterocycles. The minimum Gasteiger partial charge on any atom is -0.477 e. The number of hydrogen-bond acceptors (Lipinski definition) is 4. The molecule has 138 valence electrons. The molecule has 0 spiro atoms. The van der Waals surface area contributed by atoms with E-state index in [1.165, 1.54) is 0 Å². The van der Waals surface area contributed by atoms with E-state index < -0.39 is 46.4 Å². The number of fused-ring (bicyclic) bond motifs is 1. The number of benzene rings is 1. The third-order valence-corrected chi connectivity index (χ3v) is 3.86. The van der Waals surface area contributed by atoms with Crippen molar-refractivity contribution in [2.24, 2.45) is 0 Å². The van der Waals surface area contributed by atoms with Crippen molar-refractivity contribution in [1.82, 2.24) is 9.55 Å². The van der Waals surface area contributed by atoms with Gasteiger partial charge < -0.3 is 10.2 Å². The molecule has 0 radical (unpaired) electrons. The lowest BCUT2D eigenvalue weighted by molar-refractivity contribution is 0.0695. The number of aromatic nitrogens is 2. The van der Waals surface area contributed by atoms with Gasteiger partial charge in [0.25, 0.3) is 0 Å². The summed E-state index contributed by atoms with van der Waals surface area (Å²) in [6, 6.07) is 3.26. The van der Waals surface area contributed by atoms with Crippen molar-refractivity contribution in [3.63, 3.8) is 0 Å². The molecule has 0 aliphatic carbocycles. The molecule has 1 aromatic carbocycles. The predicted molar refractivity (Wildman–Crippen MR) is 90.3 cm³/mol. The average molecular weight is 376 g/mol. The quantitative estimate of drug-likeness (QED) is 0.730. The van der Waals surface area contributed by atoms with Crippen LogP contribution in [0.5, 0.6) is 0 Å². The molecule has 0 saturated heterocycles. The highest BCUT2D eigenvalue weighted by Gasteiger charge is 2.21. The Bertz CT molecular complexity index is 1170. The van der Waals surface area contributed by atoms with E-state index in [-0.39, 0.29) is 22.6 Å². The van der Waals surface area contributed by atoms with Crippen LogP contribution in [0.25, 0.3) is 22.3 Å². The molecule has 9 heteroatoms. The second-order valence-electron chi connectivity index (χ2n) is 5.59. The molecule has 0 fully saturated rings. The molecule has 27 heavy (non-hydrogen) atoms. The molecule has 0 saturated carbocycles. The molecule has 6 nitrogen and oxygen atoms in total. The summed E-state index contributed by atoms with van der Waals surface area (Å²) in [4.78, 5) is 27.7. The van der Waals surface area contributed by atoms with E-state index in [1.807, 2.05) is 0 Å². The lowest BCUT2D eigenvalue weighted by Gasteiger charge is -2.14. The minimum atomic E-state index is -1.61. The summed E-state index contributed by atoms with van der Waals surface area (Å²) >= 11 is 0. The Morgan fingerprint density at radius 1 is 1.19 bits per heavy atom. The van der Waals surface area contributed by atoms with Crippen molar-refractivity contribution in [2.75, 3.05) is 6.61 Å². The van der Waals surface area contributed by atoms with E-state index in [2.05, 4.69) is 11.6 Å². The molecular weight excluding hydrogens is 365 g/mol. The largest absolute Gasteiger partial charge is 0.477 e. The molecule has 3 aromatic rings. The van der Waals surface area contributed by atoms with E-state index in [1.54, 1.807) is 0 Å². The first-order valence-electron chi connectivity index (χ1n) is 7.48. The normalized spacial score (nSPS) is 11.0. The molecule has 0 aliphatic rings. The monoisotopic (exact) mass is 376 g/mol. The Morgan fingerprint density at radius 2 is 1.89 bits per heavy atom. The number of nitrogens with zero attached hydrogens (tertiary/aromatic N) is 2. The lowest BCUT2D eigenvalue weighted by atomic mass is 10.1. The summed E-state index contributed by atoms with van der Waals surface area (Å²) < 4.78 is 42.7. The SMILES string of the molecule is C=C(CO)c1nc2c(cc1F)c(=O)c(C(=O)O)cn2-c1ccc(F)cc1F. The zero-order valence-electron chi connectivity index (χ0n) is 13.5. The summed E-state index contributed by atoms with van der Waals surface area (Å²) in [5.74, 6) is -4.53. The summed E-state index contributed by atoms with van der Waals surface area (Å²) in [5, 5.41) is 18.0. The van der Waals surface area contributed by atoms with E-state index >= 15 is 0 Å². The Balaban J connectivity index is 2.49. The Labute approximate surface area is 149 Å². The topological polar surface area (TPSA) is 92.4 Å². The van der Waals surface area contributed by atoms with Crippen LogP contribution in [0, 0.1) is 17.5 Å². The first kappa shape index (κ1) is 18.3. The molecule has 3 rings (SSSR count). The van der Waals surface area contributed by atoms with Gasteiger partial charge in [0.2, 0.25) is 5.43 Å². The fourth-order valence-corrected chi connectivity index (χ4v) is 2.56. The van der Waals surface area contributed by atoms with Gasteiger partial charge in [-0.15, -0.1) is 0 Å². The number of halogens is 3. The van der Waals surface area contributed by atoms with Gasteiger partial charge in [0.1, 0.15) is 34.4 Å². The van der Waals surface area contributed by atoms with E-state index in [4.69, 9.17) is 5.11 Å². The highest BCUT2D eigenvalue weighted by Crippen LogP contribution is 2.23. The zero-order valence-corrected chi connectivity index (χ0v) is 13.5. The third-order valence-electron chi connectivity index (χ3n) is 3.86. The third kappa shape index (κ3) is 3.08. The van der Waals surface area contributed by atoms with Gasteiger partial charge in [-0.3, -0.25) is 9.36 Å². The molecule has 2 heterocycles. The number of aliphatic hydroxyl groups is 1. The number of rotatable bonds is 4. The fourth-order valence-electron chi connectivity index (χ4n) is 2.56. The summed E-state index contributed by atoms with van der Waals surface area (Å²) in [6.07, 6.45) is 0.819. The lowest BCUT2D eigenvalue weighted by Crippen LogP contribution is -2.20. The zero-order chi connectivity index (χ0) is 19.9. The summed E-state index contributed by atoms with van der Waals surface area (Å²) in [6.45, 7) is 2.83. The maximum atomic E-state index is 14.3. The van der Waals surface area contributed by atoms with Gasteiger partial charge in [-0.25, -0.2) is 22.9 Å². The van der Waals surface area contributed by atoms with Crippen LogP contribution in [0.15, 0.2) is 41.8 Å². The van der Waals surface area contributed by atoms with E-state index in [9.17, 15) is 27.9 Å². The number of aliphatic hydroxyl groups excluding tert-OH is 1. The second kappa shape index (κ2) is 6.69.